The Balaban J connectivity index is 1.12. The topological polar surface area (TPSA) is 96.0 Å². The van der Waals surface area contributed by atoms with Crippen LogP contribution in [-0.4, -0.2) is 47.8 Å². The molecule has 11 rings (SSSR count). The molecule has 0 unspecified atom stereocenters. The van der Waals surface area contributed by atoms with Gasteiger partial charge in [0, 0.05) is 37.6 Å². The number of para-hydroxylation sites is 6. The fraction of sp³-hybridized carbons (Fsp3) is 0.0476. The molecule has 0 radical (unpaired) electrons. The molecule has 0 fully saturated rings. The second-order valence-corrected chi connectivity index (χ2v) is 12.9. The van der Waals surface area contributed by atoms with Gasteiger partial charge in [0.2, 0.25) is 11.6 Å². The number of fused-ring (bicyclic) bond motifs is 10. The Morgan fingerprint density at radius 2 is 0.788 bits per heavy atom. The molecular weight excluding hydrogens is 645 g/mol. The van der Waals surface area contributed by atoms with Crippen molar-refractivity contribution in [3.05, 3.63) is 169 Å². The fourth-order valence-corrected chi connectivity index (χ4v) is 7.71. The van der Waals surface area contributed by atoms with E-state index in [1.807, 2.05) is 12.1 Å². The van der Waals surface area contributed by atoms with Crippen molar-refractivity contribution in [1.82, 2.24) is 47.8 Å². The molecule has 10 heteroatoms. The van der Waals surface area contributed by atoms with Gasteiger partial charge in [-0.15, -0.1) is 0 Å². The van der Waals surface area contributed by atoms with Gasteiger partial charge in [0.15, 0.2) is 0 Å². The fourth-order valence-electron chi connectivity index (χ4n) is 7.71. The highest BCUT2D eigenvalue weighted by Gasteiger charge is 2.22. The van der Waals surface area contributed by atoms with Crippen molar-refractivity contribution in [2.24, 2.45) is 0 Å². The van der Waals surface area contributed by atoms with E-state index in [0.29, 0.717) is 12.8 Å². The number of hydrogen-bond donors (Lipinski definition) is 0. The zero-order valence-corrected chi connectivity index (χ0v) is 27.7. The van der Waals surface area contributed by atoms with Crippen molar-refractivity contribution in [3.63, 3.8) is 0 Å². The van der Waals surface area contributed by atoms with Crippen LogP contribution in [0.15, 0.2) is 146 Å². The normalized spacial score (nSPS) is 12.0. The van der Waals surface area contributed by atoms with Crippen LogP contribution in [0.5, 0.6) is 0 Å². The van der Waals surface area contributed by atoms with Crippen molar-refractivity contribution >= 4 is 55.7 Å². The molecule has 5 aromatic carbocycles. The molecule has 0 amide bonds. The summed E-state index contributed by atoms with van der Waals surface area (Å²) in [5.41, 5.74) is 12.5. The van der Waals surface area contributed by atoms with E-state index in [2.05, 4.69) is 147 Å². The van der Waals surface area contributed by atoms with Gasteiger partial charge in [-0.25, -0.2) is 29.9 Å². The molecule has 10 nitrogen and oxygen atoms in total. The van der Waals surface area contributed by atoms with E-state index in [9.17, 15) is 0 Å². The highest BCUT2D eigenvalue weighted by Crippen LogP contribution is 2.34. The minimum atomic E-state index is 0.598. The molecule has 0 N–H and O–H groups in total. The van der Waals surface area contributed by atoms with Crippen LogP contribution in [-0.2, 0) is 12.8 Å². The molecule has 52 heavy (non-hydrogen) atoms. The Bertz CT molecular complexity index is 2920. The standard InChI is InChI=1S/C42H28N10/c1-3-16-33-31(14-1)49(41-47-39-27(10-5-18-35(39)51(33)41)24-37-43-20-8-21-44-37)29-12-7-13-30(26-29)50-32-15-2-4-17-34(32)52-36-19-6-11-28(40(36)48-42(50)52)25-38-45-22-9-23-46-38/h1-23,26H,24-25H2. The first kappa shape index (κ1) is 28.6. The van der Waals surface area contributed by atoms with Crippen LogP contribution in [0.1, 0.15) is 22.8 Å². The van der Waals surface area contributed by atoms with Crippen molar-refractivity contribution in [2.45, 2.75) is 12.8 Å². The quantitative estimate of drug-likeness (QED) is 0.178. The second kappa shape index (κ2) is 11.2. The second-order valence-electron chi connectivity index (χ2n) is 12.9. The summed E-state index contributed by atoms with van der Waals surface area (Å²) in [4.78, 5) is 28.6. The van der Waals surface area contributed by atoms with Gasteiger partial charge in [0.05, 0.1) is 55.5 Å². The van der Waals surface area contributed by atoms with Crippen molar-refractivity contribution < 1.29 is 0 Å². The monoisotopic (exact) mass is 672 g/mol. The summed E-state index contributed by atoms with van der Waals surface area (Å²) in [6.45, 7) is 0. The lowest BCUT2D eigenvalue weighted by molar-refractivity contribution is 0.971. The molecule has 6 heterocycles. The van der Waals surface area contributed by atoms with Gasteiger partial charge in [0.1, 0.15) is 11.6 Å². The Hall–Kier alpha value is -7.20. The van der Waals surface area contributed by atoms with E-state index in [-0.39, 0.29) is 0 Å². The van der Waals surface area contributed by atoms with E-state index in [1.54, 1.807) is 24.8 Å². The van der Waals surface area contributed by atoms with Gasteiger partial charge < -0.3 is 0 Å². The number of nitrogens with zero attached hydrogens (tertiary/aromatic N) is 10. The third kappa shape index (κ3) is 4.24. The van der Waals surface area contributed by atoms with Gasteiger partial charge >= 0.3 is 0 Å². The molecular formula is C42H28N10. The Labute approximate surface area is 296 Å². The Morgan fingerprint density at radius 3 is 1.25 bits per heavy atom. The van der Waals surface area contributed by atoms with E-state index in [1.165, 1.54) is 0 Å². The molecule has 0 aliphatic heterocycles. The maximum atomic E-state index is 5.33. The van der Waals surface area contributed by atoms with Crippen LogP contribution >= 0.6 is 0 Å². The zero-order chi connectivity index (χ0) is 34.2. The summed E-state index contributed by atoms with van der Waals surface area (Å²) in [7, 11) is 0. The van der Waals surface area contributed by atoms with E-state index >= 15 is 0 Å². The average Bonchev–Trinajstić information content (AvgIpc) is 3.93. The molecule has 11 aromatic rings. The molecule has 0 aliphatic carbocycles. The van der Waals surface area contributed by atoms with E-state index in [4.69, 9.17) is 9.97 Å². The van der Waals surface area contributed by atoms with Crippen LogP contribution in [0.2, 0.25) is 0 Å². The lowest BCUT2D eigenvalue weighted by Gasteiger charge is -2.10. The lowest BCUT2D eigenvalue weighted by atomic mass is 10.1. The molecule has 0 saturated carbocycles. The number of hydrogen-bond acceptors (Lipinski definition) is 6. The summed E-state index contributed by atoms with van der Waals surface area (Å²) >= 11 is 0. The maximum Gasteiger partial charge on any atom is 0.220 e. The maximum absolute atomic E-state index is 5.33. The lowest BCUT2D eigenvalue weighted by Crippen LogP contribution is -2.00. The van der Waals surface area contributed by atoms with Crippen LogP contribution in [0.3, 0.4) is 0 Å². The highest BCUT2D eigenvalue weighted by atomic mass is 15.2. The predicted octanol–water partition coefficient (Wildman–Crippen LogP) is 7.94. The molecule has 0 saturated heterocycles. The number of imidazole rings is 4. The third-order valence-electron chi connectivity index (χ3n) is 9.91. The summed E-state index contributed by atoms with van der Waals surface area (Å²) < 4.78 is 9.03. The molecule has 0 atom stereocenters. The summed E-state index contributed by atoms with van der Waals surface area (Å²) in [5.74, 6) is 3.23. The molecule has 0 aliphatic rings. The number of rotatable bonds is 6. The highest BCUT2D eigenvalue weighted by molar-refractivity contribution is 5.95. The van der Waals surface area contributed by atoms with Gasteiger partial charge in [-0.05, 0) is 77.9 Å². The predicted molar refractivity (Wildman–Crippen MR) is 202 cm³/mol. The smallest absolute Gasteiger partial charge is 0.220 e. The van der Waals surface area contributed by atoms with Gasteiger partial charge in [-0.2, -0.15) is 0 Å². The SMILES string of the molecule is c1cnc(Cc2cccc3c2nc2n(-c4cccc(-n5c6ccccc6n6c7cccc(Cc8ncccn8)c7nc56)c4)c4ccccc4n32)nc1. The number of benzene rings is 5. The minimum absolute atomic E-state index is 0.598. The Kier molecular flexibility index (Phi) is 6.14. The van der Waals surface area contributed by atoms with Crippen molar-refractivity contribution in [3.8, 4) is 11.4 Å². The average molecular weight is 673 g/mol. The first-order chi connectivity index (χ1) is 25.8. The first-order valence-corrected chi connectivity index (χ1v) is 17.2. The molecule has 0 bridgehead atoms. The minimum Gasteiger partial charge on any atom is -0.278 e. The molecule has 246 valence electrons. The summed E-state index contributed by atoms with van der Waals surface area (Å²) in [6.07, 6.45) is 8.34. The van der Waals surface area contributed by atoms with Gasteiger partial charge in [0.25, 0.3) is 0 Å². The summed E-state index contributed by atoms with van der Waals surface area (Å²) in [5, 5.41) is 0. The van der Waals surface area contributed by atoms with Crippen LogP contribution in [0.4, 0.5) is 0 Å². The molecule has 6 aromatic heterocycles. The Morgan fingerprint density at radius 1 is 0.385 bits per heavy atom. The largest absolute Gasteiger partial charge is 0.278 e. The van der Waals surface area contributed by atoms with Crippen LogP contribution in [0, 0.1) is 0 Å². The van der Waals surface area contributed by atoms with Crippen LogP contribution < -0.4 is 0 Å². The molecule has 0 spiro atoms. The first-order valence-electron chi connectivity index (χ1n) is 17.2. The third-order valence-corrected chi connectivity index (χ3v) is 9.91. The zero-order valence-electron chi connectivity index (χ0n) is 27.7. The van der Waals surface area contributed by atoms with Crippen LogP contribution in [0.25, 0.3) is 67.1 Å². The van der Waals surface area contributed by atoms with Gasteiger partial charge in [-0.3, -0.25) is 17.9 Å². The van der Waals surface area contributed by atoms with E-state index < -0.39 is 0 Å². The number of aromatic nitrogens is 10. The van der Waals surface area contributed by atoms with Gasteiger partial charge in [-0.1, -0.05) is 54.6 Å². The summed E-state index contributed by atoms with van der Waals surface area (Å²) in [6, 6.07) is 42.0. The van der Waals surface area contributed by atoms with E-state index in [0.717, 1.165) is 89.8 Å². The van der Waals surface area contributed by atoms with Crippen molar-refractivity contribution in [1.29, 1.82) is 0 Å². The van der Waals surface area contributed by atoms with Crippen molar-refractivity contribution in [2.75, 3.05) is 0 Å².